The molecule has 1 N–H and O–H groups in total. The van der Waals surface area contributed by atoms with Crippen molar-refractivity contribution in [3.05, 3.63) is 35.4 Å². The number of amides is 1. The standard InChI is InChI=1S/C17H24N2O/c1-2-10-18-16-9-11-19(17(16)20)15-8-7-13-5-3-4-6-14(13)12-15/h3-6,15-16,18H,2,7-12H2,1H3. The van der Waals surface area contributed by atoms with Crippen LogP contribution in [0.1, 0.15) is 37.3 Å². The highest BCUT2D eigenvalue weighted by Gasteiger charge is 2.36. The summed E-state index contributed by atoms with van der Waals surface area (Å²) >= 11 is 0. The van der Waals surface area contributed by atoms with Crippen LogP contribution in [0.2, 0.25) is 0 Å². The Balaban J connectivity index is 1.65. The quantitative estimate of drug-likeness (QED) is 0.911. The van der Waals surface area contributed by atoms with E-state index in [4.69, 9.17) is 0 Å². The molecular formula is C17H24N2O. The Hall–Kier alpha value is -1.35. The third-order valence-corrected chi connectivity index (χ3v) is 4.64. The highest BCUT2D eigenvalue weighted by atomic mass is 16.2. The Morgan fingerprint density at radius 2 is 2.05 bits per heavy atom. The third-order valence-electron chi connectivity index (χ3n) is 4.64. The molecule has 2 aliphatic rings. The fourth-order valence-corrected chi connectivity index (χ4v) is 3.52. The van der Waals surface area contributed by atoms with Gasteiger partial charge in [-0.05, 0) is 49.8 Å². The second kappa shape index (κ2) is 5.96. The van der Waals surface area contributed by atoms with Crippen LogP contribution in [0, 0.1) is 0 Å². The molecule has 3 heteroatoms. The SMILES string of the molecule is CCCNC1CCN(C2CCc3ccccc3C2)C1=O. The third kappa shape index (κ3) is 2.59. The fraction of sp³-hybridized carbons (Fsp3) is 0.588. The van der Waals surface area contributed by atoms with E-state index in [1.54, 1.807) is 0 Å². The number of nitrogens with one attached hydrogen (secondary N) is 1. The van der Waals surface area contributed by atoms with Gasteiger partial charge >= 0.3 is 0 Å². The number of benzene rings is 1. The number of hydrogen-bond acceptors (Lipinski definition) is 2. The van der Waals surface area contributed by atoms with Crippen LogP contribution in [0.4, 0.5) is 0 Å². The van der Waals surface area contributed by atoms with Crippen molar-refractivity contribution in [1.82, 2.24) is 10.2 Å². The van der Waals surface area contributed by atoms with E-state index in [2.05, 4.69) is 41.4 Å². The fourth-order valence-electron chi connectivity index (χ4n) is 3.52. The van der Waals surface area contributed by atoms with Crippen LogP contribution in [0.25, 0.3) is 0 Å². The van der Waals surface area contributed by atoms with Crippen molar-refractivity contribution in [2.75, 3.05) is 13.1 Å². The van der Waals surface area contributed by atoms with Gasteiger partial charge in [-0.2, -0.15) is 0 Å². The van der Waals surface area contributed by atoms with Gasteiger partial charge in [-0.15, -0.1) is 0 Å². The van der Waals surface area contributed by atoms with Crippen molar-refractivity contribution in [3.8, 4) is 0 Å². The molecule has 1 amide bonds. The maximum absolute atomic E-state index is 12.5. The van der Waals surface area contributed by atoms with Gasteiger partial charge in [0.05, 0.1) is 6.04 Å². The van der Waals surface area contributed by atoms with Gasteiger partial charge in [-0.3, -0.25) is 4.79 Å². The van der Waals surface area contributed by atoms with Gasteiger partial charge in [-0.25, -0.2) is 0 Å². The lowest BCUT2D eigenvalue weighted by atomic mass is 9.87. The summed E-state index contributed by atoms with van der Waals surface area (Å²) in [7, 11) is 0. The molecule has 1 fully saturated rings. The first kappa shape index (κ1) is 13.6. The maximum Gasteiger partial charge on any atom is 0.240 e. The maximum atomic E-state index is 12.5. The molecule has 1 aromatic carbocycles. The van der Waals surface area contributed by atoms with Crippen LogP contribution >= 0.6 is 0 Å². The molecule has 0 spiro atoms. The summed E-state index contributed by atoms with van der Waals surface area (Å²) < 4.78 is 0. The molecule has 1 aliphatic carbocycles. The monoisotopic (exact) mass is 272 g/mol. The van der Waals surface area contributed by atoms with Crippen molar-refractivity contribution < 1.29 is 4.79 Å². The smallest absolute Gasteiger partial charge is 0.240 e. The van der Waals surface area contributed by atoms with Crippen molar-refractivity contribution >= 4 is 5.91 Å². The van der Waals surface area contributed by atoms with E-state index in [1.807, 2.05) is 0 Å². The molecule has 1 saturated heterocycles. The molecule has 1 heterocycles. The van der Waals surface area contributed by atoms with E-state index in [-0.39, 0.29) is 6.04 Å². The normalized spacial score (nSPS) is 25.9. The molecule has 1 aliphatic heterocycles. The molecule has 0 radical (unpaired) electrons. The predicted octanol–water partition coefficient (Wildman–Crippen LogP) is 2.14. The van der Waals surface area contributed by atoms with E-state index >= 15 is 0 Å². The number of carbonyl (C=O) groups is 1. The Morgan fingerprint density at radius 3 is 2.85 bits per heavy atom. The molecule has 3 nitrogen and oxygen atoms in total. The summed E-state index contributed by atoms with van der Waals surface area (Å²) in [6.45, 7) is 4.01. The molecule has 0 saturated carbocycles. The van der Waals surface area contributed by atoms with Crippen LogP contribution in [0.3, 0.4) is 0 Å². The van der Waals surface area contributed by atoms with Crippen LogP contribution in [-0.4, -0.2) is 36.0 Å². The first-order chi connectivity index (χ1) is 9.79. The second-order valence-electron chi connectivity index (χ2n) is 5.99. The van der Waals surface area contributed by atoms with Crippen LogP contribution in [-0.2, 0) is 17.6 Å². The zero-order chi connectivity index (χ0) is 13.9. The van der Waals surface area contributed by atoms with Crippen molar-refractivity contribution in [2.24, 2.45) is 0 Å². The van der Waals surface area contributed by atoms with E-state index in [1.165, 1.54) is 11.1 Å². The number of carbonyl (C=O) groups excluding carboxylic acids is 1. The number of nitrogens with zero attached hydrogens (tertiary/aromatic N) is 1. The molecule has 1 aromatic rings. The molecule has 0 aromatic heterocycles. The van der Waals surface area contributed by atoms with Crippen LogP contribution in [0.5, 0.6) is 0 Å². The van der Waals surface area contributed by atoms with Gasteiger partial charge in [-0.1, -0.05) is 31.2 Å². The number of fused-ring (bicyclic) bond motifs is 1. The Labute approximate surface area is 121 Å². The second-order valence-corrected chi connectivity index (χ2v) is 5.99. The van der Waals surface area contributed by atoms with E-state index in [9.17, 15) is 4.79 Å². The minimum absolute atomic E-state index is 0.0621. The van der Waals surface area contributed by atoms with Gasteiger partial charge in [0.2, 0.25) is 5.91 Å². The van der Waals surface area contributed by atoms with E-state index in [0.717, 1.165) is 45.2 Å². The lowest BCUT2D eigenvalue weighted by Gasteiger charge is -2.32. The lowest BCUT2D eigenvalue weighted by molar-refractivity contribution is -0.131. The van der Waals surface area contributed by atoms with Crippen LogP contribution < -0.4 is 5.32 Å². The molecular weight excluding hydrogens is 248 g/mol. The summed E-state index contributed by atoms with van der Waals surface area (Å²) in [5.74, 6) is 0.322. The van der Waals surface area contributed by atoms with Crippen molar-refractivity contribution in [1.29, 1.82) is 0 Å². The lowest BCUT2D eigenvalue weighted by Crippen LogP contribution is -2.45. The highest BCUT2D eigenvalue weighted by Crippen LogP contribution is 2.27. The van der Waals surface area contributed by atoms with E-state index in [0.29, 0.717) is 11.9 Å². The molecule has 0 bridgehead atoms. The summed E-state index contributed by atoms with van der Waals surface area (Å²) in [5, 5.41) is 3.38. The molecule has 2 atom stereocenters. The van der Waals surface area contributed by atoms with Gasteiger partial charge in [0, 0.05) is 12.6 Å². The van der Waals surface area contributed by atoms with E-state index < -0.39 is 0 Å². The number of hydrogen-bond donors (Lipinski definition) is 1. The summed E-state index contributed by atoms with van der Waals surface area (Å²) in [6.07, 6.45) is 5.31. The van der Waals surface area contributed by atoms with Crippen molar-refractivity contribution in [2.45, 2.75) is 51.1 Å². The van der Waals surface area contributed by atoms with Gasteiger partial charge < -0.3 is 10.2 Å². The van der Waals surface area contributed by atoms with Gasteiger partial charge in [0.1, 0.15) is 0 Å². The van der Waals surface area contributed by atoms with Gasteiger partial charge in [0.15, 0.2) is 0 Å². The largest absolute Gasteiger partial charge is 0.338 e. The predicted molar refractivity (Wildman–Crippen MR) is 80.7 cm³/mol. The Kier molecular flexibility index (Phi) is 4.06. The van der Waals surface area contributed by atoms with Crippen molar-refractivity contribution in [3.63, 3.8) is 0 Å². The topological polar surface area (TPSA) is 32.3 Å². The van der Waals surface area contributed by atoms with Gasteiger partial charge in [0.25, 0.3) is 0 Å². The Bertz CT molecular complexity index is 486. The first-order valence-corrected chi connectivity index (χ1v) is 7.90. The summed E-state index contributed by atoms with van der Waals surface area (Å²) in [5.41, 5.74) is 2.90. The molecule has 2 unspecified atom stereocenters. The average Bonchev–Trinajstić information content (AvgIpc) is 2.85. The Morgan fingerprint density at radius 1 is 1.25 bits per heavy atom. The number of likely N-dealkylation sites (tertiary alicyclic amines) is 1. The molecule has 108 valence electrons. The minimum atomic E-state index is 0.0621. The summed E-state index contributed by atoms with van der Waals surface area (Å²) in [4.78, 5) is 14.6. The zero-order valence-corrected chi connectivity index (χ0v) is 12.3. The number of rotatable bonds is 4. The first-order valence-electron chi connectivity index (χ1n) is 7.90. The average molecular weight is 272 g/mol. The van der Waals surface area contributed by atoms with Crippen LogP contribution in [0.15, 0.2) is 24.3 Å². The molecule has 20 heavy (non-hydrogen) atoms. The highest BCUT2D eigenvalue weighted by molar-refractivity contribution is 5.84. The summed E-state index contributed by atoms with van der Waals surface area (Å²) in [6, 6.07) is 9.14. The number of aryl methyl sites for hydroxylation is 1. The molecule has 3 rings (SSSR count). The minimum Gasteiger partial charge on any atom is -0.338 e. The zero-order valence-electron chi connectivity index (χ0n) is 12.3.